The third kappa shape index (κ3) is 3.67. The van der Waals surface area contributed by atoms with Crippen LogP contribution in [0.3, 0.4) is 0 Å². The molecule has 0 aromatic heterocycles. The molecule has 0 bridgehead atoms. The number of nitrogens with zero attached hydrogens (tertiary/aromatic N) is 1. The van der Waals surface area contributed by atoms with E-state index in [9.17, 15) is 5.02 Å². The molecule has 1 saturated heterocycles. The SMILES string of the molecule is CB(O)N1CCC(=C(COO)c2ccccc2)CC1. The van der Waals surface area contributed by atoms with Gasteiger partial charge in [0.15, 0.2) is 0 Å². The lowest BCUT2D eigenvalue weighted by Gasteiger charge is -2.30. The highest BCUT2D eigenvalue weighted by molar-refractivity contribution is 6.45. The van der Waals surface area contributed by atoms with Crippen LogP contribution in [0.15, 0.2) is 35.9 Å². The van der Waals surface area contributed by atoms with Crippen molar-refractivity contribution in [2.45, 2.75) is 19.7 Å². The molecule has 19 heavy (non-hydrogen) atoms. The van der Waals surface area contributed by atoms with Crippen LogP contribution in [0.2, 0.25) is 6.82 Å². The molecule has 1 aliphatic rings. The van der Waals surface area contributed by atoms with Crippen molar-refractivity contribution in [1.29, 1.82) is 0 Å². The molecule has 1 fully saturated rings. The van der Waals surface area contributed by atoms with Crippen LogP contribution in [-0.4, -0.2) is 41.8 Å². The van der Waals surface area contributed by atoms with Crippen LogP contribution in [0.5, 0.6) is 0 Å². The van der Waals surface area contributed by atoms with Crippen LogP contribution in [-0.2, 0) is 4.89 Å². The van der Waals surface area contributed by atoms with Crippen molar-refractivity contribution in [3.05, 3.63) is 41.5 Å². The molecular formula is C14H20BNO3. The highest BCUT2D eigenvalue weighted by atomic mass is 17.1. The Bertz CT molecular complexity index is 424. The van der Waals surface area contributed by atoms with Gasteiger partial charge in [0.05, 0.1) is 0 Å². The fraction of sp³-hybridized carbons (Fsp3) is 0.429. The number of hydrogen-bond donors (Lipinski definition) is 2. The molecule has 102 valence electrons. The van der Waals surface area contributed by atoms with E-state index in [-0.39, 0.29) is 6.61 Å². The van der Waals surface area contributed by atoms with E-state index in [1.54, 1.807) is 6.82 Å². The third-order valence-corrected chi connectivity index (χ3v) is 3.69. The highest BCUT2D eigenvalue weighted by Crippen LogP contribution is 2.27. The quantitative estimate of drug-likeness (QED) is 0.495. The first-order valence-corrected chi connectivity index (χ1v) is 6.67. The van der Waals surface area contributed by atoms with Crippen molar-refractivity contribution >= 4 is 12.6 Å². The summed E-state index contributed by atoms with van der Waals surface area (Å²) in [7, 11) is -0.393. The van der Waals surface area contributed by atoms with E-state index in [4.69, 9.17) is 5.26 Å². The first kappa shape index (κ1) is 14.3. The van der Waals surface area contributed by atoms with E-state index in [2.05, 4.69) is 4.89 Å². The molecule has 4 nitrogen and oxygen atoms in total. The summed E-state index contributed by atoms with van der Waals surface area (Å²) < 4.78 is 0. The molecule has 0 aliphatic carbocycles. The van der Waals surface area contributed by atoms with Crippen molar-refractivity contribution in [3.63, 3.8) is 0 Å². The Morgan fingerprint density at radius 3 is 2.42 bits per heavy atom. The Labute approximate surface area is 114 Å². The minimum atomic E-state index is -0.393. The van der Waals surface area contributed by atoms with Crippen LogP contribution in [0.25, 0.3) is 5.57 Å². The summed E-state index contributed by atoms with van der Waals surface area (Å²) in [5.74, 6) is 0. The summed E-state index contributed by atoms with van der Waals surface area (Å²) in [5.41, 5.74) is 3.46. The standard InChI is InChI=1S/C14H20BNO3/c1-15(17)16-9-7-13(8-10-16)14(11-19-18)12-5-3-2-4-6-12/h2-6,17-18H,7-11H2,1H3. The first-order valence-electron chi connectivity index (χ1n) is 6.67. The molecule has 5 heteroatoms. The van der Waals surface area contributed by atoms with Gasteiger partial charge in [-0.05, 0) is 43.9 Å². The summed E-state index contributed by atoms with van der Waals surface area (Å²) in [6, 6.07) is 10.0. The van der Waals surface area contributed by atoms with Crippen LogP contribution in [0, 0.1) is 0 Å². The van der Waals surface area contributed by atoms with Gasteiger partial charge in [-0.25, -0.2) is 4.89 Å². The van der Waals surface area contributed by atoms with Gasteiger partial charge in [0.2, 0.25) is 0 Å². The van der Waals surface area contributed by atoms with Crippen LogP contribution < -0.4 is 0 Å². The van der Waals surface area contributed by atoms with E-state index in [0.717, 1.165) is 37.1 Å². The summed E-state index contributed by atoms with van der Waals surface area (Å²) in [5, 5.41) is 18.4. The van der Waals surface area contributed by atoms with Gasteiger partial charge in [-0.15, -0.1) is 0 Å². The first-order chi connectivity index (χ1) is 9.22. The van der Waals surface area contributed by atoms with Crippen molar-refractivity contribution < 1.29 is 15.2 Å². The predicted molar refractivity (Wildman–Crippen MR) is 76.6 cm³/mol. The van der Waals surface area contributed by atoms with Crippen LogP contribution in [0.4, 0.5) is 0 Å². The third-order valence-electron chi connectivity index (χ3n) is 3.69. The number of piperidine rings is 1. The van der Waals surface area contributed by atoms with Crippen molar-refractivity contribution in [2.75, 3.05) is 19.7 Å². The largest absolute Gasteiger partial charge is 0.437 e. The fourth-order valence-electron chi connectivity index (χ4n) is 2.56. The summed E-state index contributed by atoms with van der Waals surface area (Å²) in [6.07, 6.45) is 1.80. The monoisotopic (exact) mass is 261 g/mol. The zero-order valence-corrected chi connectivity index (χ0v) is 11.2. The molecule has 0 saturated carbocycles. The molecular weight excluding hydrogens is 241 g/mol. The lowest BCUT2D eigenvalue weighted by Crippen LogP contribution is -2.41. The average molecular weight is 261 g/mol. The van der Waals surface area contributed by atoms with Gasteiger partial charge < -0.3 is 9.83 Å². The second kappa shape index (κ2) is 6.87. The Hall–Kier alpha value is -1.14. The molecule has 1 aliphatic heterocycles. The summed E-state index contributed by atoms with van der Waals surface area (Å²) in [4.78, 5) is 6.41. The van der Waals surface area contributed by atoms with Gasteiger partial charge >= 0.3 is 7.05 Å². The molecule has 1 heterocycles. The van der Waals surface area contributed by atoms with Gasteiger partial charge in [0.25, 0.3) is 0 Å². The van der Waals surface area contributed by atoms with Gasteiger partial charge in [-0.2, -0.15) is 0 Å². The summed E-state index contributed by atoms with van der Waals surface area (Å²) >= 11 is 0. The number of rotatable bonds is 4. The molecule has 0 unspecified atom stereocenters. The van der Waals surface area contributed by atoms with E-state index in [1.165, 1.54) is 5.57 Å². The molecule has 2 rings (SSSR count). The highest BCUT2D eigenvalue weighted by Gasteiger charge is 2.22. The fourth-order valence-corrected chi connectivity index (χ4v) is 2.56. The molecule has 0 atom stereocenters. The zero-order valence-electron chi connectivity index (χ0n) is 11.2. The Morgan fingerprint density at radius 1 is 1.26 bits per heavy atom. The normalized spacial score (nSPS) is 16.5. The maximum Gasteiger partial charge on any atom is 0.376 e. The van der Waals surface area contributed by atoms with E-state index in [0.29, 0.717) is 0 Å². The average Bonchev–Trinajstić information content (AvgIpc) is 2.46. The Balaban J connectivity index is 2.17. The maximum atomic E-state index is 9.57. The molecule has 0 amide bonds. The van der Waals surface area contributed by atoms with Gasteiger partial charge in [-0.3, -0.25) is 5.26 Å². The Morgan fingerprint density at radius 2 is 1.89 bits per heavy atom. The van der Waals surface area contributed by atoms with Crippen molar-refractivity contribution in [3.8, 4) is 0 Å². The van der Waals surface area contributed by atoms with Gasteiger partial charge in [0.1, 0.15) is 6.61 Å². The molecule has 2 N–H and O–H groups in total. The molecule has 1 aromatic rings. The second-order valence-electron chi connectivity index (χ2n) is 4.89. The number of hydrogen-bond acceptors (Lipinski definition) is 4. The van der Waals surface area contributed by atoms with Crippen molar-refractivity contribution in [1.82, 2.24) is 4.81 Å². The lowest BCUT2D eigenvalue weighted by molar-refractivity contribution is -0.229. The van der Waals surface area contributed by atoms with Gasteiger partial charge in [0, 0.05) is 0 Å². The lowest BCUT2D eigenvalue weighted by atomic mass is 9.81. The van der Waals surface area contributed by atoms with E-state index < -0.39 is 7.05 Å². The molecule has 0 radical (unpaired) electrons. The zero-order chi connectivity index (χ0) is 13.7. The second-order valence-corrected chi connectivity index (χ2v) is 4.89. The minimum Gasteiger partial charge on any atom is -0.437 e. The van der Waals surface area contributed by atoms with E-state index >= 15 is 0 Å². The smallest absolute Gasteiger partial charge is 0.376 e. The summed E-state index contributed by atoms with van der Waals surface area (Å²) in [6.45, 7) is 3.70. The molecule has 0 spiro atoms. The van der Waals surface area contributed by atoms with E-state index in [1.807, 2.05) is 35.1 Å². The van der Waals surface area contributed by atoms with Crippen LogP contribution in [0.1, 0.15) is 18.4 Å². The topological polar surface area (TPSA) is 52.9 Å². The minimum absolute atomic E-state index is 0.216. The Kier molecular flexibility index (Phi) is 5.16. The predicted octanol–water partition coefficient (Wildman–Crippen LogP) is 2.14. The van der Waals surface area contributed by atoms with Crippen LogP contribution >= 0.6 is 0 Å². The number of benzene rings is 1. The molecule has 1 aromatic carbocycles. The maximum absolute atomic E-state index is 9.57. The van der Waals surface area contributed by atoms with Gasteiger partial charge in [-0.1, -0.05) is 35.9 Å². The van der Waals surface area contributed by atoms with Crippen molar-refractivity contribution in [2.24, 2.45) is 0 Å².